The number of pyridine rings is 1. The number of carbonyl (C=O) groups excluding carboxylic acids is 2. The van der Waals surface area contributed by atoms with Gasteiger partial charge in [0.1, 0.15) is 5.82 Å². The van der Waals surface area contributed by atoms with E-state index in [0.29, 0.717) is 29.8 Å². The number of rotatable bonds is 4. The molecule has 0 radical (unpaired) electrons. The number of dihydropyridines is 1. The predicted molar refractivity (Wildman–Crippen MR) is 135 cm³/mol. The van der Waals surface area contributed by atoms with Crippen molar-refractivity contribution < 1.29 is 9.59 Å². The summed E-state index contributed by atoms with van der Waals surface area (Å²) < 4.78 is 1.78. The fraction of sp³-hybridized carbons (Fsp3) is 0.286. The van der Waals surface area contributed by atoms with Gasteiger partial charge in [0.2, 0.25) is 0 Å². The molecule has 1 aliphatic heterocycles. The van der Waals surface area contributed by atoms with Gasteiger partial charge in [0, 0.05) is 59.4 Å². The van der Waals surface area contributed by atoms with Gasteiger partial charge in [0.25, 0.3) is 5.91 Å². The monoisotopic (exact) mass is 467 g/mol. The third-order valence-electron chi connectivity index (χ3n) is 7.08. The van der Waals surface area contributed by atoms with Crippen molar-refractivity contribution in [3.8, 4) is 0 Å². The lowest BCUT2D eigenvalue weighted by Crippen LogP contribution is -2.37. The van der Waals surface area contributed by atoms with E-state index in [1.165, 1.54) is 0 Å². The molecular formula is C28H29N5O2. The minimum absolute atomic E-state index is 0.0621. The molecular weight excluding hydrogens is 438 g/mol. The first-order valence-corrected chi connectivity index (χ1v) is 11.8. The number of hydrogen-bond acceptors (Lipinski definition) is 5. The molecule has 1 aromatic carbocycles. The highest BCUT2D eigenvalue weighted by Gasteiger charge is 2.42. The molecule has 5 rings (SSSR count). The van der Waals surface area contributed by atoms with Crippen LogP contribution in [0.5, 0.6) is 0 Å². The summed E-state index contributed by atoms with van der Waals surface area (Å²) in [5, 5.41) is 10.8. The molecule has 2 atom stereocenters. The summed E-state index contributed by atoms with van der Waals surface area (Å²) in [5.74, 6) is -0.127. The summed E-state index contributed by atoms with van der Waals surface area (Å²) in [4.78, 5) is 31.6. The Morgan fingerprint density at radius 3 is 2.49 bits per heavy atom. The van der Waals surface area contributed by atoms with Crippen LogP contribution in [0, 0.1) is 13.8 Å². The molecule has 35 heavy (non-hydrogen) atoms. The van der Waals surface area contributed by atoms with E-state index in [-0.39, 0.29) is 17.6 Å². The highest BCUT2D eigenvalue weighted by atomic mass is 16.2. The zero-order valence-electron chi connectivity index (χ0n) is 20.4. The van der Waals surface area contributed by atoms with Gasteiger partial charge in [0.05, 0.1) is 6.20 Å². The Balaban J connectivity index is 1.57. The fourth-order valence-electron chi connectivity index (χ4n) is 5.14. The van der Waals surface area contributed by atoms with Crippen LogP contribution in [-0.4, -0.2) is 26.5 Å². The standard InChI is InChI=1S/C28H29N5O2/c1-16-10-11-24(29-14-16)32-28(35)25-17(2)31-22-12-20(19-8-6-5-7-9-19)13-23(34)27(22)26(25)21-15-30-33(4)18(21)3/h5-11,14-15,20,26,31H,12-13H2,1-4H3,(H,29,32,35)/t20-,26-/m1/s1. The van der Waals surface area contributed by atoms with Crippen LogP contribution >= 0.6 is 0 Å². The quantitative estimate of drug-likeness (QED) is 0.593. The molecule has 0 bridgehead atoms. The number of ketones is 1. The summed E-state index contributed by atoms with van der Waals surface area (Å²) in [6.45, 7) is 5.82. The zero-order chi connectivity index (χ0) is 24.7. The van der Waals surface area contributed by atoms with Crippen molar-refractivity contribution in [3.05, 3.63) is 99.8 Å². The number of aryl methyl sites for hydroxylation is 2. The number of aromatic nitrogens is 3. The molecule has 178 valence electrons. The largest absolute Gasteiger partial charge is 0.362 e. The average Bonchev–Trinajstić information content (AvgIpc) is 3.17. The van der Waals surface area contributed by atoms with Gasteiger partial charge in [-0.1, -0.05) is 36.4 Å². The van der Waals surface area contributed by atoms with Crippen LogP contribution in [0.3, 0.4) is 0 Å². The lowest BCUT2D eigenvalue weighted by atomic mass is 9.71. The molecule has 2 N–H and O–H groups in total. The van der Waals surface area contributed by atoms with Gasteiger partial charge < -0.3 is 10.6 Å². The van der Waals surface area contributed by atoms with Gasteiger partial charge in [-0.25, -0.2) is 4.98 Å². The summed E-state index contributed by atoms with van der Waals surface area (Å²) in [5.41, 5.74) is 6.78. The second-order valence-electron chi connectivity index (χ2n) is 9.41. The zero-order valence-corrected chi connectivity index (χ0v) is 20.4. The molecule has 7 heteroatoms. The number of hydrogen-bond donors (Lipinski definition) is 2. The van der Waals surface area contributed by atoms with E-state index in [2.05, 4.69) is 32.8 Å². The number of Topliss-reactive ketones (excluding diaryl/α,β-unsaturated/α-hetero) is 1. The van der Waals surface area contributed by atoms with Gasteiger partial charge in [-0.3, -0.25) is 14.3 Å². The SMILES string of the molecule is CC1=C(C(=O)Nc2ccc(C)cn2)[C@@H](c2cnn(C)c2C)C2=C(C[C@@H](c3ccccc3)CC2=O)N1. The van der Waals surface area contributed by atoms with Gasteiger partial charge >= 0.3 is 0 Å². The first-order chi connectivity index (χ1) is 16.8. The first-order valence-electron chi connectivity index (χ1n) is 11.8. The molecule has 1 aliphatic carbocycles. The molecule has 0 fully saturated rings. The van der Waals surface area contributed by atoms with Crippen molar-refractivity contribution >= 4 is 17.5 Å². The topological polar surface area (TPSA) is 88.9 Å². The normalized spacial score (nSPS) is 19.9. The molecule has 3 heterocycles. The summed E-state index contributed by atoms with van der Waals surface area (Å²) >= 11 is 0. The maximum Gasteiger partial charge on any atom is 0.255 e. The minimum atomic E-state index is -0.491. The van der Waals surface area contributed by atoms with Crippen LogP contribution in [0.15, 0.2) is 77.4 Å². The summed E-state index contributed by atoms with van der Waals surface area (Å²) in [6, 6.07) is 13.8. The third kappa shape index (κ3) is 4.18. The second kappa shape index (κ2) is 8.98. The van der Waals surface area contributed by atoms with Crippen molar-refractivity contribution in [2.24, 2.45) is 7.05 Å². The van der Waals surface area contributed by atoms with Gasteiger partial charge in [-0.05, 0) is 50.3 Å². The van der Waals surface area contributed by atoms with Crippen molar-refractivity contribution in [2.45, 2.75) is 45.4 Å². The maximum absolute atomic E-state index is 13.7. The Morgan fingerprint density at radius 2 is 1.83 bits per heavy atom. The number of benzene rings is 1. The van der Waals surface area contributed by atoms with Crippen LogP contribution in [-0.2, 0) is 16.6 Å². The van der Waals surface area contributed by atoms with E-state index in [1.54, 1.807) is 23.1 Å². The van der Waals surface area contributed by atoms with Crippen LogP contribution in [0.1, 0.15) is 54.0 Å². The number of anilines is 1. The smallest absolute Gasteiger partial charge is 0.255 e. The van der Waals surface area contributed by atoms with E-state index < -0.39 is 5.92 Å². The highest BCUT2D eigenvalue weighted by molar-refractivity contribution is 6.09. The maximum atomic E-state index is 13.7. The predicted octanol–water partition coefficient (Wildman–Crippen LogP) is 4.43. The average molecular weight is 468 g/mol. The van der Waals surface area contributed by atoms with E-state index >= 15 is 0 Å². The highest BCUT2D eigenvalue weighted by Crippen LogP contribution is 2.46. The van der Waals surface area contributed by atoms with Crippen LogP contribution in [0.4, 0.5) is 5.82 Å². The Kier molecular flexibility index (Phi) is 5.84. The Bertz CT molecular complexity index is 1370. The fourth-order valence-corrected chi connectivity index (χ4v) is 5.14. The lowest BCUT2D eigenvalue weighted by molar-refractivity contribution is -0.116. The van der Waals surface area contributed by atoms with E-state index in [9.17, 15) is 9.59 Å². The number of nitrogens with zero attached hydrogens (tertiary/aromatic N) is 3. The Morgan fingerprint density at radius 1 is 1.06 bits per heavy atom. The first kappa shape index (κ1) is 22.8. The molecule has 0 spiro atoms. The number of nitrogens with one attached hydrogen (secondary N) is 2. The number of amides is 1. The minimum Gasteiger partial charge on any atom is -0.362 e. The molecule has 7 nitrogen and oxygen atoms in total. The van der Waals surface area contributed by atoms with Crippen LogP contribution in [0.2, 0.25) is 0 Å². The van der Waals surface area contributed by atoms with Crippen LogP contribution in [0.25, 0.3) is 0 Å². The molecule has 2 aromatic heterocycles. The van der Waals surface area contributed by atoms with Crippen molar-refractivity contribution in [3.63, 3.8) is 0 Å². The molecule has 0 saturated heterocycles. The Hall–Kier alpha value is -4.00. The Labute approximate surface area is 205 Å². The summed E-state index contributed by atoms with van der Waals surface area (Å²) in [6.07, 6.45) is 4.62. The molecule has 2 aliphatic rings. The number of allylic oxidation sites excluding steroid dienone is 3. The lowest BCUT2D eigenvalue weighted by Gasteiger charge is -2.36. The molecule has 0 saturated carbocycles. The van der Waals surface area contributed by atoms with E-state index in [0.717, 1.165) is 33.8 Å². The molecule has 3 aromatic rings. The van der Waals surface area contributed by atoms with E-state index in [4.69, 9.17) is 0 Å². The van der Waals surface area contributed by atoms with Crippen molar-refractivity contribution in [1.82, 2.24) is 20.1 Å². The number of carbonyl (C=O) groups is 2. The molecule has 0 unspecified atom stereocenters. The third-order valence-corrected chi connectivity index (χ3v) is 7.08. The van der Waals surface area contributed by atoms with Gasteiger partial charge in [-0.2, -0.15) is 5.10 Å². The van der Waals surface area contributed by atoms with E-state index in [1.807, 2.05) is 52.1 Å². The van der Waals surface area contributed by atoms with Gasteiger partial charge in [-0.15, -0.1) is 0 Å². The summed E-state index contributed by atoms with van der Waals surface area (Å²) in [7, 11) is 1.87. The van der Waals surface area contributed by atoms with Crippen molar-refractivity contribution in [2.75, 3.05) is 5.32 Å². The van der Waals surface area contributed by atoms with Gasteiger partial charge in [0.15, 0.2) is 5.78 Å². The molecule has 1 amide bonds. The van der Waals surface area contributed by atoms with Crippen LogP contribution < -0.4 is 10.6 Å². The van der Waals surface area contributed by atoms with Crippen molar-refractivity contribution in [1.29, 1.82) is 0 Å². The second-order valence-corrected chi connectivity index (χ2v) is 9.41.